The molecular formula is C24H26N4O3. The van der Waals surface area contributed by atoms with Crippen LogP contribution < -0.4 is 10.6 Å². The number of amides is 1. The van der Waals surface area contributed by atoms with Crippen LogP contribution in [0.25, 0.3) is 11.8 Å². The first-order valence-electron chi connectivity index (χ1n) is 10.1. The molecule has 1 heterocycles. The number of esters is 1. The number of anilines is 2. The van der Waals surface area contributed by atoms with Gasteiger partial charge in [-0.15, -0.1) is 0 Å². The van der Waals surface area contributed by atoms with E-state index in [4.69, 9.17) is 4.74 Å². The number of hydrogen-bond acceptors (Lipinski definition) is 5. The highest BCUT2D eigenvalue weighted by atomic mass is 16.5. The number of carbonyl (C=O) groups excluding carboxylic acids is 2. The number of ether oxygens (including phenoxy) is 1. The Morgan fingerprint density at radius 3 is 2.45 bits per heavy atom. The maximum absolute atomic E-state index is 12.5. The molecule has 160 valence electrons. The van der Waals surface area contributed by atoms with E-state index in [1.807, 2.05) is 73.1 Å². The summed E-state index contributed by atoms with van der Waals surface area (Å²) in [5.74, 6) is -0.535. The molecule has 0 aliphatic heterocycles. The molecule has 31 heavy (non-hydrogen) atoms. The van der Waals surface area contributed by atoms with Gasteiger partial charge in [0, 0.05) is 11.8 Å². The van der Waals surface area contributed by atoms with Gasteiger partial charge in [0.25, 0.3) is 0 Å². The van der Waals surface area contributed by atoms with E-state index in [-0.39, 0.29) is 18.4 Å². The van der Waals surface area contributed by atoms with Gasteiger partial charge < -0.3 is 15.4 Å². The summed E-state index contributed by atoms with van der Waals surface area (Å²) in [5, 5.41) is 10.6. The summed E-state index contributed by atoms with van der Waals surface area (Å²) < 4.78 is 6.68. The number of nitrogens with one attached hydrogen (secondary N) is 2. The van der Waals surface area contributed by atoms with Crippen LogP contribution in [0.5, 0.6) is 0 Å². The van der Waals surface area contributed by atoms with Crippen LogP contribution in [-0.4, -0.2) is 34.8 Å². The Kier molecular flexibility index (Phi) is 7.22. The van der Waals surface area contributed by atoms with E-state index in [0.717, 1.165) is 34.0 Å². The van der Waals surface area contributed by atoms with Crippen LogP contribution in [0.2, 0.25) is 0 Å². The van der Waals surface area contributed by atoms with Crippen LogP contribution >= 0.6 is 0 Å². The molecule has 0 radical (unpaired) electrons. The smallest absolute Gasteiger partial charge is 0.330 e. The van der Waals surface area contributed by atoms with E-state index in [0.29, 0.717) is 6.61 Å². The fourth-order valence-corrected chi connectivity index (χ4v) is 3.08. The van der Waals surface area contributed by atoms with Crippen LogP contribution in [0.15, 0.2) is 60.7 Å². The van der Waals surface area contributed by atoms with Crippen molar-refractivity contribution in [2.24, 2.45) is 0 Å². The van der Waals surface area contributed by atoms with Gasteiger partial charge in [-0.3, -0.25) is 4.79 Å². The molecule has 2 aromatic carbocycles. The summed E-state index contributed by atoms with van der Waals surface area (Å²) in [4.78, 5) is 23.8. The monoisotopic (exact) mass is 418 g/mol. The largest absolute Gasteiger partial charge is 0.463 e. The maximum Gasteiger partial charge on any atom is 0.330 e. The highest BCUT2D eigenvalue weighted by Gasteiger charge is 2.15. The molecule has 0 aliphatic rings. The zero-order valence-corrected chi connectivity index (χ0v) is 17.9. The average molecular weight is 418 g/mol. The van der Waals surface area contributed by atoms with Crippen molar-refractivity contribution in [2.75, 3.05) is 23.8 Å². The number of aromatic nitrogens is 2. The second-order valence-corrected chi connectivity index (χ2v) is 6.90. The fraction of sp³-hybridized carbons (Fsp3) is 0.208. The normalized spacial score (nSPS) is 10.8. The standard InChI is InChI=1S/C24H26N4O3/c1-4-31-23(30)15-12-19-10-13-20(14-11-19)25-16-22(29)26-24-17(2)27-28(18(24)3)21-8-6-5-7-9-21/h5-15,25H,4,16H2,1-3H3,(H,26,29)/b15-12+. The van der Waals surface area contributed by atoms with Crippen molar-refractivity contribution in [3.63, 3.8) is 0 Å². The zero-order chi connectivity index (χ0) is 22.2. The van der Waals surface area contributed by atoms with E-state index < -0.39 is 0 Å². The zero-order valence-electron chi connectivity index (χ0n) is 17.9. The van der Waals surface area contributed by atoms with Gasteiger partial charge >= 0.3 is 5.97 Å². The van der Waals surface area contributed by atoms with Crippen molar-refractivity contribution in [2.45, 2.75) is 20.8 Å². The minimum absolute atomic E-state index is 0.118. The molecule has 0 saturated heterocycles. The summed E-state index contributed by atoms with van der Waals surface area (Å²) in [6, 6.07) is 17.2. The van der Waals surface area contributed by atoms with Gasteiger partial charge in [-0.1, -0.05) is 30.3 Å². The summed E-state index contributed by atoms with van der Waals surface area (Å²) in [6.45, 7) is 6.03. The molecule has 0 fully saturated rings. The molecule has 3 rings (SSSR count). The first-order valence-corrected chi connectivity index (χ1v) is 10.1. The lowest BCUT2D eigenvalue weighted by atomic mass is 10.2. The Morgan fingerprint density at radius 2 is 1.77 bits per heavy atom. The molecule has 1 aromatic heterocycles. The van der Waals surface area contributed by atoms with Crippen molar-refractivity contribution < 1.29 is 14.3 Å². The van der Waals surface area contributed by atoms with E-state index in [1.54, 1.807) is 13.0 Å². The first-order chi connectivity index (χ1) is 15.0. The second kappa shape index (κ2) is 10.2. The van der Waals surface area contributed by atoms with Gasteiger partial charge in [0.2, 0.25) is 5.91 Å². The van der Waals surface area contributed by atoms with Gasteiger partial charge in [-0.25, -0.2) is 9.48 Å². The molecule has 0 saturated carbocycles. The van der Waals surface area contributed by atoms with E-state index in [1.165, 1.54) is 6.08 Å². The molecule has 0 unspecified atom stereocenters. The highest BCUT2D eigenvalue weighted by Crippen LogP contribution is 2.22. The predicted molar refractivity (Wildman–Crippen MR) is 122 cm³/mol. The van der Waals surface area contributed by atoms with Crippen molar-refractivity contribution in [1.29, 1.82) is 0 Å². The minimum atomic E-state index is -0.373. The first kappa shape index (κ1) is 21.8. The van der Waals surface area contributed by atoms with Crippen LogP contribution in [0.3, 0.4) is 0 Å². The van der Waals surface area contributed by atoms with Crippen molar-refractivity contribution >= 4 is 29.3 Å². The van der Waals surface area contributed by atoms with Crippen molar-refractivity contribution in [3.8, 4) is 5.69 Å². The molecule has 3 aromatic rings. The van der Waals surface area contributed by atoms with E-state index >= 15 is 0 Å². The third kappa shape index (κ3) is 5.82. The van der Waals surface area contributed by atoms with Gasteiger partial charge in [-0.2, -0.15) is 5.10 Å². The van der Waals surface area contributed by atoms with Crippen molar-refractivity contribution in [1.82, 2.24) is 9.78 Å². The quantitative estimate of drug-likeness (QED) is 0.425. The molecule has 0 spiro atoms. The second-order valence-electron chi connectivity index (χ2n) is 6.90. The molecule has 1 amide bonds. The van der Waals surface area contributed by atoms with Crippen molar-refractivity contribution in [3.05, 3.63) is 77.6 Å². The number of hydrogen-bond donors (Lipinski definition) is 2. The topological polar surface area (TPSA) is 85.2 Å². The number of rotatable bonds is 8. The third-order valence-corrected chi connectivity index (χ3v) is 4.62. The Bertz CT molecular complexity index is 1070. The number of nitrogens with zero attached hydrogens (tertiary/aromatic N) is 2. The van der Waals surface area contributed by atoms with E-state index in [9.17, 15) is 9.59 Å². The lowest BCUT2D eigenvalue weighted by molar-refractivity contribution is -0.137. The Hall–Kier alpha value is -3.87. The van der Waals surface area contributed by atoms with Crippen LogP contribution in [0.1, 0.15) is 23.9 Å². The maximum atomic E-state index is 12.5. The Balaban J connectivity index is 1.57. The molecule has 7 heteroatoms. The number of benzene rings is 2. The summed E-state index contributed by atoms with van der Waals surface area (Å²) in [6.07, 6.45) is 3.07. The SMILES string of the molecule is CCOC(=O)/C=C/c1ccc(NCC(=O)Nc2c(C)nn(-c3ccccc3)c2C)cc1. The van der Waals surface area contributed by atoms with Gasteiger partial charge in [0.15, 0.2) is 0 Å². The number of para-hydroxylation sites is 1. The van der Waals surface area contributed by atoms with Crippen LogP contribution in [-0.2, 0) is 14.3 Å². The summed E-state index contributed by atoms with van der Waals surface area (Å²) in [5.41, 5.74) is 4.95. The number of carbonyl (C=O) groups is 2. The molecule has 0 bridgehead atoms. The van der Waals surface area contributed by atoms with Crippen LogP contribution in [0, 0.1) is 13.8 Å². The fourth-order valence-electron chi connectivity index (χ4n) is 3.08. The Morgan fingerprint density at radius 1 is 1.06 bits per heavy atom. The molecule has 2 N–H and O–H groups in total. The third-order valence-electron chi connectivity index (χ3n) is 4.62. The predicted octanol–water partition coefficient (Wildman–Crippen LogP) is 4.12. The van der Waals surface area contributed by atoms with E-state index in [2.05, 4.69) is 15.7 Å². The minimum Gasteiger partial charge on any atom is -0.463 e. The molecule has 7 nitrogen and oxygen atoms in total. The van der Waals surface area contributed by atoms with Gasteiger partial charge in [-0.05, 0) is 56.7 Å². The lowest BCUT2D eigenvalue weighted by Gasteiger charge is -2.09. The average Bonchev–Trinajstić information content (AvgIpc) is 3.06. The molecular weight excluding hydrogens is 392 g/mol. The molecule has 0 atom stereocenters. The lowest BCUT2D eigenvalue weighted by Crippen LogP contribution is -2.22. The summed E-state index contributed by atoms with van der Waals surface area (Å²) in [7, 11) is 0. The highest BCUT2D eigenvalue weighted by molar-refractivity contribution is 5.95. The van der Waals surface area contributed by atoms with Gasteiger partial charge in [0.05, 0.1) is 35.9 Å². The summed E-state index contributed by atoms with van der Waals surface area (Å²) >= 11 is 0. The Labute approximate surface area is 181 Å². The van der Waals surface area contributed by atoms with Crippen LogP contribution in [0.4, 0.5) is 11.4 Å². The number of aryl methyl sites for hydroxylation is 1. The van der Waals surface area contributed by atoms with Gasteiger partial charge in [0.1, 0.15) is 0 Å². The molecule has 0 aliphatic carbocycles.